The average molecular weight is 618 g/mol. The molecule has 0 aromatic rings. The Bertz CT molecular complexity index is 1280. The third kappa shape index (κ3) is 4.97. The fraction of sp³-hybridized carbons (Fsp3) is 0.780. The van der Waals surface area contributed by atoms with E-state index in [0.717, 1.165) is 78.6 Å². The van der Waals surface area contributed by atoms with Gasteiger partial charge in [-0.2, -0.15) is 0 Å². The van der Waals surface area contributed by atoms with Gasteiger partial charge in [-0.05, 0) is 119 Å². The van der Waals surface area contributed by atoms with Gasteiger partial charge in [0.2, 0.25) is 0 Å². The van der Waals surface area contributed by atoms with Gasteiger partial charge in [0.15, 0.2) is 11.8 Å². The molecule has 0 bridgehead atoms. The molecule has 5 fully saturated rings. The molecule has 0 aromatic heterocycles. The second kappa shape index (κ2) is 12.1. The highest BCUT2D eigenvalue weighted by molar-refractivity contribution is 6.33. The van der Waals surface area contributed by atoms with E-state index in [9.17, 15) is 0 Å². The molecule has 44 heavy (non-hydrogen) atoms. The Morgan fingerprint density at radius 1 is 0.773 bits per heavy atom. The first-order chi connectivity index (χ1) is 21.2. The van der Waals surface area contributed by atoms with Gasteiger partial charge in [0.1, 0.15) is 6.54 Å². The highest BCUT2D eigenvalue weighted by Gasteiger charge is 2.59. The number of allylic oxidation sites excluding steroid dienone is 8. The van der Waals surface area contributed by atoms with Crippen LogP contribution >= 0.6 is 11.6 Å². The molecule has 5 aliphatic carbocycles. The van der Waals surface area contributed by atoms with Crippen molar-refractivity contribution in [1.29, 1.82) is 0 Å². The van der Waals surface area contributed by atoms with Crippen molar-refractivity contribution < 1.29 is 4.58 Å². The summed E-state index contributed by atoms with van der Waals surface area (Å²) in [4.78, 5) is 2.84. The van der Waals surface area contributed by atoms with E-state index in [2.05, 4.69) is 75.3 Å². The zero-order valence-corrected chi connectivity index (χ0v) is 29.8. The quantitative estimate of drug-likeness (QED) is 0.278. The van der Waals surface area contributed by atoms with Crippen LogP contribution in [0.5, 0.6) is 0 Å². The highest BCUT2D eigenvalue weighted by atomic mass is 35.5. The van der Waals surface area contributed by atoms with E-state index < -0.39 is 0 Å². The van der Waals surface area contributed by atoms with Crippen LogP contribution in [0.1, 0.15) is 131 Å². The van der Waals surface area contributed by atoms with Gasteiger partial charge in [0, 0.05) is 47.1 Å². The molecule has 8 atom stereocenters. The van der Waals surface area contributed by atoms with Gasteiger partial charge in [0.05, 0.1) is 5.41 Å². The first kappa shape index (κ1) is 31.3. The molecule has 4 saturated carbocycles. The molecule has 7 rings (SSSR count). The van der Waals surface area contributed by atoms with E-state index in [4.69, 9.17) is 11.6 Å². The zero-order chi connectivity index (χ0) is 30.8. The fourth-order valence-electron chi connectivity index (χ4n) is 12.6. The Labute approximate surface area is 275 Å². The predicted octanol–water partition coefficient (Wildman–Crippen LogP) is 10.7. The summed E-state index contributed by atoms with van der Waals surface area (Å²) in [6.07, 6.45) is 29.3. The predicted molar refractivity (Wildman–Crippen MR) is 187 cm³/mol. The number of likely N-dealkylation sites (tertiary alicyclic amines) is 1. The standard InChI is InChI=1S/C41H62ClN2/c1-7-43-34-24-20-27-13-9-11-15-31(27)37(34)41(5,6)36(43)26-22-30-18-17-29(38(30)42)21-25-35-40(3,4)33-23-19-28-14-10-12-16-32(28)39(33)44(35)8-2/h21-22,25-28,31-34,37,39H,7-20,23-24H2,1-6H3/q+1. The lowest BCUT2D eigenvalue weighted by atomic mass is 9.57. The van der Waals surface area contributed by atoms with E-state index in [1.807, 2.05) is 0 Å². The van der Waals surface area contributed by atoms with Gasteiger partial charge in [-0.25, -0.2) is 4.58 Å². The van der Waals surface area contributed by atoms with Crippen molar-refractivity contribution >= 4 is 17.3 Å². The molecule has 7 aliphatic rings. The Balaban J connectivity index is 1.14. The highest BCUT2D eigenvalue weighted by Crippen LogP contribution is 2.59. The molecule has 0 spiro atoms. The summed E-state index contributed by atoms with van der Waals surface area (Å²) in [6, 6.07) is 1.47. The molecular formula is C41H62ClN2+. The van der Waals surface area contributed by atoms with Crippen LogP contribution in [-0.4, -0.2) is 40.4 Å². The average Bonchev–Trinajstić information content (AvgIpc) is 3.57. The summed E-state index contributed by atoms with van der Waals surface area (Å²) in [7, 11) is 0. The van der Waals surface area contributed by atoms with Crippen LogP contribution in [0.4, 0.5) is 0 Å². The summed E-state index contributed by atoms with van der Waals surface area (Å²) in [5.41, 5.74) is 6.31. The van der Waals surface area contributed by atoms with E-state index in [1.54, 1.807) is 11.4 Å². The third-order valence-electron chi connectivity index (χ3n) is 14.6. The van der Waals surface area contributed by atoms with Crippen LogP contribution in [0.2, 0.25) is 0 Å². The Morgan fingerprint density at radius 3 is 2.18 bits per heavy atom. The van der Waals surface area contributed by atoms with Crippen LogP contribution in [-0.2, 0) is 0 Å². The van der Waals surface area contributed by atoms with Crippen molar-refractivity contribution in [3.63, 3.8) is 0 Å². The van der Waals surface area contributed by atoms with Gasteiger partial charge < -0.3 is 4.90 Å². The van der Waals surface area contributed by atoms with Crippen molar-refractivity contribution in [1.82, 2.24) is 4.90 Å². The lowest BCUT2D eigenvalue weighted by Gasteiger charge is -2.47. The minimum Gasteiger partial charge on any atom is -0.371 e. The summed E-state index contributed by atoms with van der Waals surface area (Å²) in [6.45, 7) is 17.2. The Morgan fingerprint density at radius 2 is 1.45 bits per heavy atom. The SMILES string of the molecule is CCN1/C(=C/C=C2\CCC(/C=C/C3=[N+](CC)C4CCC5CCCCC5C4C3(C)C)=C2Cl)C(C)(C)C2CCC3CCCCC3C21. The molecule has 2 aliphatic heterocycles. The molecule has 2 heterocycles. The molecule has 0 amide bonds. The molecule has 1 saturated heterocycles. The molecule has 0 aromatic carbocycles. The lowest BCUT2D eigenvalue weighted by Crippen LogP contribution is -2.46. The molecule has 8 unspecified atom stereocenters. The Kier molecular flexibility index (Phi) is 8.59. The van der Waals surface area contributed by atoms with Crippen molar-refractivity contribution in [2.45, 2.75) is 144 Å². The summed E-state index contributed by atoms with van der Waals surface area (Å²) in [5.74, 6) is 5.36. The second-order valence-electron chi connectivity index (χ2n) is 17.1. The summed E-state index contributed by atoms with van der Waals surface area (Å²) >= 11 is 7.22. The van der Waals surface area contributed by atoms with Gasteiger partial charge >= 0.3 is 0 Å². The monoisotopic (exact) mass is 617 g/mol. The van der Waals surface area contributed by atoms with Crippen LogP contribution < -0.4 is 0 Å². The van der Waals surface area contributed by atoms with Gasteiger partial charge in [-0.1, -0.05) is 76.1 Å². The van der Waals surface area contributed by atoms with E-state index in [-0.39, 0.29) is 10.8 Å². The number of fused-ring (bicyclic) bond motifs is 6. The molecule has 0 N–H and O–H groups in total. The van der Waals surface area contributed by atoms with Crippen molar-refractivity contribution in [3.8, 4) is 0 Å². The summed E-state index contributed by atoms with van der Waals surface area (Å²) < 4.78 is 2.80. The van der Waals surface area contributed by atoms with Gasteiger partial charge in [-0.15, -0.1) is 0 Å². The first-order valence-corrected chi connectivity index (χ1v) is 19.4. The molecular weight excluding hydrogens is 556 g/mol. The number of hydrogen-bond donors (Lipinski definition) is 0. The van der Waals surface area contributed by atoms with Crippen LogP contribution in [0.3, 0.4) is 0 Å². The maximum absolute atomic E-state index is 7.22. The van der Waals surface area contributed by atoms with Gasteiger partial charge in [-0.3, -0.25) is 0 Å². The molecule has 0 radical (unpaired) electrons. The minimum absolute atomic E-state index is 0.234. The number of nitrogens with zero attached hydrogens (tertiary/aromatic N) is 2. The van der Waals surface area contributed by atoms with Gasteiger partial charge in [0.25, 0.3) is 0 Å². The molecule has 2 nitrogen and oxygen atoms in total. The number of hydrogen-bond acceptors (Lipinski definition) is 1. The first-order valence-electron chi connectivity index (χ1n) is 19.1. The Hall–Kier alpha value is -1.28. The topological polar surface area (TPSA) is 6.25 Å². The lowest BCUT2D eigenvalue weighted by molar-refractivity contribution is -0.565. The second-order valence-corrected chi connectivity index (χ2v) is 17.5. The van der Waals surface area contributed by atoms with Crippen LogP contribution in [0.25, 0.3) is 0 Å². The van der Waals surface area contributed by atoms with E-state index in [1.165, 1.54) is 88.2 Å². The van der Waals surface area contributed by atoms with Crippen LogP contribution in [0.15, 0.2) is 46.2 Å². The van der Waals surface area contributed by atoms with E-state index in [0.29, 0.717) is 0 Å². The molecule has 3 heteroatoms. The van der Waals surface area contributed by atoms with Crippen molar-refractivity contribution in [3.05, 3.63) is 46.2 Å². The number of halogens is 1. The fourth-order valence-corrected chi connectivity index (χ4v) is 13.0. The van der Waals surface area contributed by atoms with Crippen molar-refractivity contribution in [2.75, 3.05) is 13.1 Å². The van der Waals surface area contributed by atoms with Crippen LogP contribution in [0, 0.1) is 46.3 Å². The number of rotatable bonds is 5. The van der Waals surface area contributed by atoms with E-state index >= 15 is 0 Å². The molecule has 242 valence electrons. The maximum Gasteiger partial charge on any atom is 0.182 e. The third-order valence-corrected chi connectivity index (χ3v) is 15.1. The smallest absolute Gasteiger partial charge is 0.182 e. The minimum atomic E-state index is 0.234. The summed E-state index contributed by atoms with van der Waals surface area (Å²) in [5, 5.41) is 1.02. The zero-order valence-electron chi connectivity index (χ0n) is 29.0. The largest absolute Gasteiger partial charge is 0.371 e. The maximum atomic E-state index is 7.22. The van der Waals surface area contributed by atoms with Crippen molar-refractivity contribution in [2.24, 2.45) is 46.3 Å². The normalized spacial score (nSPS) is 41.5.